The van der Waals surface area contributed by atoms with E-state index in [-0.39, 0.29) is 5.78 Å². The Balaban J connectivity index is 2.59. The maximum atomic E-state index is 11.0. The van der Waals surface area contributed by atoms with Crippen LogP contribution in [0.2, 0.25) is 0 Å². The molecule has 0 atom stereocenters. The van der Waals surface area contributed by atoms with E-state index in [4.69, 9.17) is 4.42 Å². The van der Waals surface area contributed by atoms with Crippen LogP contribution in [0.5, 0.6) is 0 Å². The van der Waals surface area contributed by atoms with Gasteiger partial charge in [-0.3, -0.25) is 4.79 Å². The molecule has 2 heteroatoms. The van der Waals surface area contributed by atoms with Crippen LogP contribution in [0.15, 0.2) is 10.5 Å². The third-order valence-electron chi connectivity index (χ3n) is 1.81. The zero-order chi connectivity index (χ0) is 7.14. The first-order valence-electron chi connectivity index (χ1n) is 3.40. The Hall–Kier alpha value is -1.05. The second-order valence-electron chi connectivity index (χ2n) is 2.63. The fourth-order valence-corrected chi connectivity index (χ4v) is 1.35. The van der Waals surface area contributed by atoms with Crippen molar-refractivity contribution in [3.05, 3.63) is 23.2 Å². The average Bonchev–Trinajstić information content (AvgIpc) is 2.35. The van der Waals surface area contributed by atoms with Crippen LogP contribution in [0.1, 0.15) is 28.3 Å². The number of Topliss-reactive ketones (excluding diaryl/α,β-unsaturated/α-hetero) is 1. The molecule has 1 aliphatic rings. The molecule has 0 spiro atoms. The molecule has 0 saturated heterocycles. The van der Waals surface area contributed by atoms with E-state index in [0.29, 0.717) is 12.2 Å². The molecule has 0 saturated carbocycles. The van der Waals surface area contributed by atoms with Gasteiger partial charge in [-0.25, -0.2) is 0 Å². The third-order valence-corrected chi connectivity index (χ3v) is 1.81. The minimum absolute atomic E-state index is 0.156. The Morgan fingerprint density at radius 3 is 3.00 bits per heavy atom. The monoisotopic (exact) mass is 136 g/mol. The second kappa shape index (κ2) is 1.72. The van der Waals surface area contributed by atoms with Gasteiger partial charge in [0.25, 0.3) is 0 Å². The van der Waals surface area contributed by atoms with Crippen molar-refractivity contribution >= 4 is 5.78 Å². The minimum atomic E-state index is 0.156. The summed E-state index contributed by atoms with van der Waals surface area (Å²) >= 11 is 0. The van der Waals surface area contributed by atoms with E-state index >= 15 is 0 Å². The fraction of sp³-hybridized carbons (Fsp3) is 0.375. The van der Waals surface area contributed by atoms with E-state index in [1.165, 1.54) is 0 Å². The molecule has 0 radical (unpaired) electrons. The molecule has 0 aliphatic heterocycles. The van der Waals surface area contributed by atoms with Crippen molar-refractivity contribution in [3.8, 4) is 0 Å². The lowest BCUT2D eigenvalue weighted by Gasteiger charge is -1.83. The first-order chi connectivity index (χ1) is 4.77. The van der Waals surface area contributed by atoms with Crippen molar-refractivity contribution in [1.82, 2.24) is 0 Å². The smallest absolute Gasteiger partial charge is 0.198 e. The highest BCUT2D eigenvalue weighted by molar-refractivity contribution is 5.97. The summed E-state index contributed by atoms with van der Waals surface area (Å²) in [4.78, 5) is 11.0. The summed E-state index contributed by atoms with van der Waals surface area (Å²) in [5.74, 6) is 1.60. The molecule has 0 unspecified atom stereocenters. The van der Waals surface area contributed by atoms with Gasteiger partial charge in [-0.15, -0.1) is 0 Å². The van der Waals surface area contributed by atoms with E-state index in [2.05, 4.69) is 0 Å². The quantitative estimate of drug-likeness (QED) is 0.543. The number of carbonyl (C=O) groups is 1. The van der Waals surface area contributed by atoms with Crippen LogP contribution in [-0.4, -0.2) is 5.78 Å². The van der Waals surface area contributed by atoms with Gasteiger partial charge in [0.2, 0.25) is 0 Å². The van der Waals surface area contributed by atoms with Crippen LogP contribution in [-0.2, 0) is 6.42 Å². The highest BCUT2D eigenvalue weighted by atomic mass is 16.3. The van der Waals surface area contributed by atoms with Crippen molar-refractivity contribution in [3.63, 3.8) is 0 Å². The van der Waals surface area contributed by atoms with Gasteiger partial charge in [-0.1, -0.05) is 0 Å². The van der Waals surface area contributed by atoms with Crippen LogP contribution >= 0.6 is 0 Å². The lowest BCUT2D eigenvalue weighted by atomic mass is 10.2. The van der Waals surface area contributed by atoms with Gasteiger partial charge in [-0.05, 0) is 19.4 Å². The Morgan fingerprint density at radius 1 is 1.50 bits per heavy atom. The molecule has 1 aromatic heterocycles. The molecule has 0 bridgehead atoms. The third kappa shape index (κ3) is 0.618. The van der Waals surface area contributed by atoms with Gasteiger partial charge in [0.15, 0.2) is 11.5 Å². The van der Waals surface area contributed by atoms with Crippen molar-refractivity contribution in [1.29, 1.82) is 0 Å². The van der Waals surface area contributed by atoms with Crippen LogP contribution < -0.4 is 0 Å². The van der Waals surface area contributed by atoms with Gasteiger partial charge in [0, 0.05) is 12.0 Å². The number of furan rings is 1. The van der Waals surface area contributed by atoms with Crippen molar-refractivity contribution in [2.75, 3.05) is 0 Å². The normalized spacial score (nSPS) is 15.9. The topological polar surface area (TPSA) is 30.2 Å². The van der Waals surface area contributed by atoms with Crippen molar-refractivity contribution in [2.45, 2.75) is 19.8 Å². The number of rotatable bonds is 0. The number of fused-ring (bicyclic) bond motifs is 1. The molecule has 0 fully saturated rings. The van der Waals surface area contributed by atoms with Gasteiger partial charge in [-0.2, -0.15) is 0 Å². The SMILES string of the molecule is Cc1cc2c(o1)C(=O)CC2. The van der Waals surface area contributed by atoms with Crippen LogP contribution in [0, 0.1) is 6.92 Å². The summed E-state index contributed by atoms with van der Waals surface area (Å²) in [5.41, 5.74) is 1.09. The van der Waals surface area contributed by atoms with E-state index in [1.807, 2.05) is 13.0 Å². The molecule has 2 nitrogen and oxygen atoms in total. The van der Waals surface area contributed by atoms with Gasteiger partial charge in [0.05, 0.1) is 0 Å². The molecule has 0 N–H and O–H groups in total. The summed E-state index contributed by atoms with van der Waals surface area (Å²) in [6.07, 6.45) is 1.50. The minimum Gasteiger partial charge on any atom is -0.458 e. The Morgan fingerprint density at radius 2 is 2.30 bits per heavy atom. The lowest BCUT2D eigenvalue weighted by molar-refractivity contribution is 0.0968. The van der Waals surface area contributed by atoms with E-state index in [9.17, 15) is 4.79 Å². The largest absolute Gasteiger partial charge is 0.458 e. The first kappa shape index (κ1) is 5.71. The molecule has 0 amide bonds. The summed E-state index contributed by atoms with van der Waals surface area (Å²) in [5, 5.41) is 0. The predicted molar refractivity (Wildman–Crippen MR) is 36.1 cm³/mol. The Labute approximate surface area is 58.8 Å². The van der Waals surface area contributed by atoms with E-state index in [1.54, 1.807) is 0 Å². The van der Waals surface area contributed by atoms with Crippen LogP contribution in [0.25, 0.3) is 0 Å². The maximum absolute atomic E-state index is 11.0. The molecule has 10 heavy (non-hydrogen) atoms. The van der Waals surface area contributed by atoms with E-state index in [0.717, 1.165) is 17.7 Å². The average molecular weight is 136 g/mol. The number of hydrogen-bond donors (Lipinski definition) is 0. The zero-order valence-electron chi connectivity index (χ0n) is 5.81. The summed E-state index contributed by atoms with van der Waals surface area (Å²) in [6.45, 7) is 1.87. The van der Waals surface area contributed by atoms with Crippen molar-refractivity contribution in [2.24, 2.45) is 0 Å². The highest BCUT2D eigenvalue weighted by Crippen LogP contribution is 2.24. The molecular weight excluding hydrogens is 128 g/mol. The summed E-state index contributed by atoms with van der Waals surface area (Å²) in [6, 6.07) is 1.94. The molecule has 52 valence electrons. The first-order valence-corrected chi connectivity index (χ1v) is 3.40. The predicted octanol–water partition coefficient (Wildman–Crippen LogP) is 1.72. The molecule has 1 heterocycles. The molecule has 2 rings (SSSR count). The summed E-state index contributed by atoms with van der Waals surface area (Å²) in [7, 11) is 0. The maximum Gasteiger partial charge on any atom is 0.198 e. The molecular formula is C8H8O2. The summed E-state index contributed by atoms with van der Waals surface area (Å²) < 4.78 is 5.19. The number of aryl methyl sites for hydroxylation is 2. The van der Waals surface area contributed by atoms with Crippen molar-refractivity contribution < 1.29 is 9.21 Å². The number of carbonyl (C=O) groups excluding carboxylic acids is 1. The lowest BCUT2D eigenvalue weighted by Crippen LogP contribution is -1.87. The molecule has 1 aliphatic carbocycles. The Bertz CT molecular complexity index is 283. The zero-order valence-corrected chi connectivity index (χ0v) is 5.81. The standard InChI is InChI=1S/C8H8O2/c1-5-4-6-2-3-7(9)8(6)10-5/h4H,2-3H2,1H3. The fourth-order valence-electron chi connectivity index (χ4n) is 1.35. The number of ketones is 1. The van der Waals surface area contributed by atoms with Crippen LogP contribution in [0.4, 0.5) is 0 Å². The van der Waals surface area contributed by atoms with Crippen LogP contribution in [0.3, 0.4) is 0 Å². The van der Waals surface area contributed by atoms with Gasteiger partial charge >= 0.3 is 0 Å². The van der Waals surface area contributed by atoms with E-state index < -0.39 is 0 Å². The van der Waals surface area contributed by atoms with Gasteiger partial charge in [0.1, 0.15) is 5.76 Å². The molecule has 1 aromatic rings. The Kier molecular flexibility index (Phi) is 0.982. The molecule has 0 aromatic carbocycles. The number of hydrogen-bond acceptors (Lipinski definition) is 2. The highest BCUT2D eigenvalue weighted by Gasteiger charge is 2.23. The van der Waals surface area contributed by atoms with Gasteiger partial charge < -0.3 is 4.42 Å². The second-order valence-corrected chi connectivity index (χ2v) is 2.63.